The molecule has 0 bridgehead atoms. The lowest BCUT2D eigenvalue weighted by Crippen LogP contribution is -2.31. The number of ether oxygens (including phenoxy) is 3. The number of esters is 1. The number of fused-ring (bicyclic) bond motifs is 2. The summed E-state index contributed by atoms with van der Waals surface area (Å²) in [6, 6.07) is 12.5. The molecule has 1 amide bonds. The van der Waals surface area contributed by atoms with Crippen molar-refractivity contribution in [3.05, 3.63) is 60.0 Å². The van der Waals surface area contributed by atoms with Crippen LogP contribution in [-0.2, 0) is 14.3 Å². The van der Waals surface area contributed by atoms with E-state index in [0.29, 0.717) is 35.8 Å². The van der Waals surface area contributed by atoms with Crippen molar-refractivity contribution in [3.63, 3.8) is 0 Å². The van der Waals surface area contributed by atoms with Gasteiger partial charge in [-0.2, -0.15) is 0 Å². The Kier molecular flexibility index (Phi) is 5.65. The number of para-hydroxylation sites is 2. The maximum Gasteiger partial charge on any atom is 0.331 e. The van der Waals surface area contributed by atoms with Gasteiger partial charge in [-0.1, -0.05) is 18.2 Å². The summed E-state index contributed by atoms with van der Waals surface area (Å²) in [6.45, 7) is 2.44. The third-order valence-electron chi connectivity index (χ3n) is 4.46. The highest BCUT2D eigenvalue weighted by Gasteiger charge is 2.16. The SMILES string of the molecule is C[C@@H](NC(=O)COC(=O)/C=C/c1nc2ccccc2o1)c1ccc2c(c1)OCCO2. The van der Waals surface area contributed by atoms with E-state index in [1.54, 1.807) is 6.07 Å². The van der Waals surface area contributed by atoms with E-state index in [4.69, 9.17) is 18.6 Å². The van der Waals surface area contributed by atoms with Crippen molar-refractivity contribution in [1.82, 2.24) is 10.3 Å². The molecule has 0 unspecified atom stereocenters. The fourth-order valence-electron chi connectivity index (χ4n) is 2.98. The van der Waals surface area contributed by atoms with Crippen molar-refractivity contribution in [2.24, 2.45) is 0 Å². The van der Waals surface area contributed by atoms with Gasteiger partial charge in [-0.05, 0) is 36.8 Å². The quantitative estimate of drug-likeness (QED) is 0.494. The predicted octanol–water partition coefficient (Wildman–Crippen LogP) is 3.03. The zero-order chi connectivity index (χ0) is 20.9. The lowest BCUT2D eigenvalue weighted by atomic mass is 10.1. The van der Waals surface area contributed by atoms with Gasteiger partial charge in [0.1, 0.15) is 18.7 Å². The fraction of sp³-hybridized carbons (Fsp3) is 0.227. The molecule has 8 nitrogen and oxygen atoms in total. The molecule has 3 aromatic rings. The van der Waals surface area contributed by atoms with E-state index in [9.17, 15) is 9.59 Å². The Balaban J connectivity index is 1.27. The third-order valence-corrected chi connectivity index (χ3v) is 4.46. The van der Waals surface area contributed by atoms with Crippen LogP contribution >= 0.6 is 0 Å². The summed E-state index contributed by atoms with van der Waals surface area (Å²) in [5.41, 5.74) is 2.17. The number of carbonyl (C=O) groups is 2. The second-order valence-corrected chi connectivity index (χ2v) is 6.65. The van der Waals surface area contributed by atoms with Crippen molar-refractivity contribution in [3.8, 4) is 11.5 Å². The zero-order valence-electron chi connectivity index (χ0n) is 16.3. The number of benzene rings is 2. The van der Waals surface area contributed by atoms with E-state index in [-0.39, 0.29) is 11.9 Å². The molecule has 8 heteroatoms. The number of hydrogen-bond donors (Lipinski definition) is 1. The number of rotatable bonds is 6. The van der Waals surface area contributed by atoms with E-state index < -0.39 is 18.5 Å². The first kappa shape index (κ1) is 19.5. The highest BCUT2D eigenvalue weighted by atomic mass is 16.6. The Morgan fingerprint density at radius 3 is 2.80 bits per heavy atom. The monoisotopic (exact) mass is 408 g/mol. The molecule has 1 aromatic heterocycles. The van der Waals surface area contributed by atoms with Gasteiger partial charge in [-0.3, -0.25) is 4.79 Å². The van der Waals surface area contributed by atoms with Crippen LogP contribution in [0, 0.1) is 0 Å². The standard InChI is InChI=1S/C22H20N2O6/c1-14(15-6-7-18-19(12-15)28-11-10-27-18)23-20(25)13-29-22(26)9-8-21-24-16-4-2-3-5-17(16)30-21/h2-9,12,14H,10-11,13H2,1H3,(H,23,25)/b9-8+/t14-/m1/s1. The molecule has 30 heavy (non-hydrogen) atoms. The topological polar surface area (TPSA) is 99.9 Å². The molecule has 1 aliphatic heterocycles. The molecule has 1 N–H and O–H groups in total. The Morgan fingerprint density at radius 2 is 1.97 bits per heavy atom. The summed E-state index contributed by atoms with van der Waals surface area (Å²) in [5.74, 6) is 0.531. The summed E-state index contributed by atoms with van der Waals surface area (Å²) >= 11 is 0. The minimum absolute atomic E-state index is 0.282. The maximum absolute atomic E-state index is 12.1. The molecule has 1 atom stereocenters. The summed E-state index contributed by atoms with van der Waals surface area (Å²) in [7, 11) is 0. The minimum atomic E-state index is -0.667. The Bertz CT molecular complexity index is 1070. The van der Waals surface area contributed by atoms with E-state index >= 15 is 0 Å². The zero-order valence-corrected chi connectivity index (χ0v) is 16.3. The number of aromatic nitrogens is 1. The first-order valence-corrected chi connectivity index (χ1v) is 9.48. The average molecular weight is 408 g/mol. The van der Waals surface area contributed by atoms with Crippen LogP contribution in [-0.4, -0.2) is 36.7 Å². The van der Waals surface area contributed by atoms with Crippen LogP contribution in [0.5, 0.6) is 11.5 Å². The van der Waals surface area contributed by atoms with Crippen molar-refractivity contribution < 1.29 is 28.2 Å². The minimum Gasteiger partial charge on any atom is -0.486 e. The second kappa shape index (κ2) is 8.69. The number of amides is 1. The van der Waals surface area contributed by atoms with Crippen LogP contribution < -0.4 is 14.8 Å². The van der Waals surface area contributed by atoms with Gasteiger partial charge in [0.25, 0.3) is 5.91 Å². The fourth-order valence-corrected chi connectivity index (χ4v) is 2.98. The lowest BCUT2D eigenvalue weighted by molar-refractivity contribution is -0.144. The Hall–Kier alpha value is -3.81. The molecule has 0 radical (unpaired) electrons. The Labute approximate surface area is 172 Å². The first-order valence-electron chi connectivity index (χ1n) is 9.48. The van der Waals surface area contributed by atoms with Gasteiger partial charge in [0.05, 0.1) is 6.04 Å². The van der Waals surface area contributed by atoms with E-state index in [1.165, 1.54) is 12.2 Å². The summed E-state index contributed by atoms with van der Waals surface area (Å²) in [4.78, 5) is 28.2. The van der Waals surface area contributed by atoms with Crippen molar-refractivity contribution in [1.29, 1.82) is 0 Å². The molecule has 0 saturated heterocycles. The molecule has 0 aliphatic carbocycles. The second-order valence-electron chi connectivity index (χ2n) is 6.65. The smallest absolute Gasteiger partial charge is 0.331 e. The molecular weight excluding hydrogens is 388 g/mol. The highest BCUT2D eigenvalue weighted by molar-refractivity contribution is 5.89. The summed E-state index contributed by atoms with van der Waals surface area (Å²) < 4.78 is 21.5. The van der Waals surface area contributed by atoms with Crippen LogP contribution in [0.15, 0.2) is 53.0 Å². The largest absolute Gasteiger partial charge is 0.486 e. The molecule has 2 aromatic carbocycles. The molecule has 0 spiro atoms. The number of nitrogens with zero attached hydrogens (tertiary/aromatic N) is 1. The van der Waals surface area contributed by atoms with Gasteiger partial charge >= 0.3 is 5.97 Å². The van der Waals surface area contributed by atoms with Crippen LogP contribution in [0.25, 0.3) is 17.2 Å². The predicted molar refractivity (Wildman–Crippen MR) is 108 cm³/mol. The molecule has 154 valence electrons. The van der Waals surface area contributed by atoms with Crippen molar-refractivity contribution >= 4 is 29.1 Å². The van der Waals surface area contributed by atoms with E-state index in [2.05, 4.69) is 10.3 Å². The first-order chi connectivity index (χ1) is 14.6. The van der Waals surface area contributed by atoms with Crippen LogP contribution in [0.2, 0.25) is 0 Å². The van der Waals surface area contributed by atoms with Gasteiger partial charge < -0.3 is 23.9 Å². The normalized spacial score (nSPS) is 13.9. The summed E-state index contributed by atoms with van der Waals surface area (Å²) in [5, 5.41) is 2.78. The van der Waals surface area contributed by atoms with Crippen LogP contribution in [0.1, 0.15) is 24.4 Å². The summed E-state index contributed by atoms with van der Waals surface area (Å²) in [6.07, 6.45) is 2.57. The van der Waals surface area contributed by atoms with Gasteiger partial charge in [0.2, 0.25) is 5.89 Å². The van der Waals surface area contributed by atoms with E-state index in [0.717, 1.165) is 5.56 Å². The lowest BCUT2D eigenvalue weighted by Gasteiger charge is -2.21. The van der Waals surface area contributed by atoms with Gasteiger partial charge in [-0.25, -0.2) is 9.78 Å². The van der Waals surface area contributed by atoms with E-state index in [1.807, 2.05) is 43.3 Å². The van der Waals surface area contributed by atoms with Crippen molar-refractivity contribution in [2.45, 2.75) is 13.0 Å². The van der Waals surface area contributed by atoms with Crippen LogP contribution in [0.4, 0.5) is 0 Å². The maximum atomic E-state index is 12.1. The average Bonchev–Trinajstić information content (AvgIpc) is 3.19. The van der Waals surface area contributed by atoms with Gasteiger partial charge in [-0.15, -0.1) is 0 Å². The van der Waals surface area contributed by atoms with Gasteiger partial charge in [0.15, 0.2) is 23.7 Å². The number of hydrogen-bond acceptors (Lipinski definition) is 7. The molecule has 0 fully saturated rings. The highest BCUT2D eigenvalue weighted by Crippen LogP contribution is 2.32. The molecule has 2 heterocycles. The molecule has 4 rings (SSSR count). The molecule has 0 saturated carbocycles. The number of nitrogens with one attached hydrogen (secondary N) is 1. The third kappa shape index (κ3) is 4.60. The molecular formula is C22H20N2O6. The Morgan fingerprint density at radius 1 is 1.17 bits per heavy atom. The molecule has 1 aliphatic rings. The number of oxazole rings is 1. The van der Waals surface area contributed by atoms with Crippen LogP contribution in [0.3, 0.4) is 0 Å². The number of carbonyl (C=O) groups excluding carboxylic acids is 2. The van der Waals surface area contributed by atoms with Crippen molar-refractivity contribution in [2.75, 3.05) is 19.8 Å². The van der Waals surface area contributed by atoms with Gasteiger partial charge in [0, 0.05) is 12.2 Å².